The van der Waals surface area contributed by atoms with Gasteiger partial charge in [0.2, 0.25) is 0 Å². The van der Waals surface area contributed by atoms with Crippen LogP contribution >= 0.6 is 27.5 Å². The number of hydrogen-bond donors (Lipinski definition) is 2. The van der Waals surface area contributed by atoms with Crippen molar-refractivity contribution in [2.45, 2.75) is 20.4 Å². The van der Waals surface area contributed by atoms with Crippen molar-refractivity contribution in [3.63, 3.8) is 0 Å². The lowest BCUT2D eigenvalue weighted by Crippen LogP contribution is -2.11. The Hall–Kier alpha value is -2.35. The predicted octanol–water partition coefficient (Wildman–Crippen LogP) is 5.59. The van der Waals surface area contributed by atoms with E-state index in [1.54, 1.807) is 20.2 Å². The molecule has 1 heterocycles. The Morgan fingerprint density at radius 2 is 1.94 bits per heavy atom. The SMILES string of the molecule is CCOC(=O)c1cnc2c(C)cc(Br)cc2c1NCc1ccc(OC)c(Cl)c1.CNC. The van der Waals surface area contributed by atoms with Crippen molar-refractivity contribution < 1.29 is 14.3 Å². The second-order valence-corrected chi connectivity index (χ2v) is 8.03. The molecule has 166 valence electrons. The number of carbonyl (C=O) groups excluding carboxylic acids is 1. The first-order valence-corrected chi connectivity index (χ1v) is 10.9. The molecule has 3 aromatic rings. The summed E-state index contributed by atoms with van der Waals surface area (Å²) in [4.78, 5) is 17.0. The maximum Gasteiger partial charge on any atom is 0.341 e. The van der Waals surface area contributed by atoms with Gasteiger partial charge in [-0.2, -0.15) is 0 Å². The topological polar surface area (TPSA) is 72.5 Å². The summed E-state index contributed by atoms with van der Waals surface area (Å²) in [6.07, 6.45) is 1.56. The third kappa shape index (κ3) is 6.32. The lowest BCUT2D eigenvalue weighted by Gasteiger charge is -2.16. The molecule has 8 heteroatoms. The van der Waals surface area contributed by atoms with Gasteiger partial charge in [0.15, 0.2) is 0 Å². The zero-order valence-corrected chi connectivity index (χ0v) is 20.6. The highest BCUT2D eigenvalue weighted by Crippen LogP contribution is 2.32. The third-order valence-corrected chi connectivity index (χ3v) is 5.06. The Morgan fingerprint density at radius 1 is 1.23 bits per heavy atom. The third-order valence-electron chi connectivity index (χ3n) is 4.31. The van der Waals surface area contributed by atoms with E-state index in [9.17, 15) is 4.79 Å². The second-order valence-electron chi connectivity index (χ2n) is 6.71. The number of benzene rings is 2. The number of hydrogen-bond acceptors (Lipinski definition) is 6. The fourth-order valence-corrected chi connectivity index (χ4v) is 3.85. The fourth-order valence-electron chi connectivity index (χ4n) is 3.00. The summed E-state index contributed by atoms with van der Waals surface area (Å²) in [5, 5.41) is 7.50. The van der Waals surface area contributed by atoms with E-state index in [0.717, 1.165) is 26.5 Å². The summed E-state index contributed by atoms with van der Waals surface area (Å²) in [7, 11) is 5.33. The number of nitrogens with zero attached hydrogens (tertiary/aromatic N) is 1. The Kier molecular flexibility index (Phi) is 9.55. The van der Waals surface area contributed by atoms with Crippen LogP contribution in [-0.4, -0.2) is 38.8 Å². The molecule has 0 spiro atoms. The number of carbonyl (C=O) groups is 1. The van der Waals surface area contributed by atoms with Crippen LogP contribution in [0, 0.1) is 6.92 Å². The van der Waals surface area contributed by atoms with Crippen LogP contribution in [0.2, 0.25) is 5.02 Å². The number of fused-ring (bicyclic) bond motifs is 1. The van der Waals surface area contributed by atoms with Gasteiger partial charge in [0, 0.05) is 22.6 Å². The highest BCUT2D eigenvalue weighted by molar-refractivity contribution is 9.10. The summed E-state index contributed by atoms with van der Waals surface area (Å²) in [5.74, 6) is 0.205. The van der Waals surface area contributed by atoms with Crippen LogP contribution in [0.3, 0.4) is 0 Å². The zero-order valence-electron chi connectivity index (χ0n) is 18.3. The monoisotopic (exact) mass is 507 g/mol. The van der Waals surface area contributed by atoms with E-state index in [1.807, 2.05) is 51.4 Å². The molecule has 0 saturated heterocycles. The van der Waals surface area contributed by atoms with Gasteiger partial charge >= 0.3 is 5.97 Å². The van der Waals surface area contributed by atoms with E-state index < -0.39 is 5.97 Å². The van der Waals surface area contributed by atoms with Crippen molar-refractivity contribution in [1.82, 2.24) is 10.3 Å². The molecule has 0 radical (unpaired) electrons. The van der Waals surface area contributed by atoms with Gasteiger partial charge in [0.05, 0.1) is 29.9 Å². The van der Waals surface area contributed by atoms with E-state index in [0.29, 0.717) is 35.2 Å². The van der Waals surface area contributed by atoms with Crippen molar-refractivity contribution in [3.05, 3.63) is 62.7 Å². The first-order chi connectivity index (χ1) is 14.9. The lowest BCUT2D eigenvalue weighted by atomic mass is 10.1. The number of anilines is 1. The van der Waals surface area contributed by atoms with Crippen LogP contribution in [0.5, 0.6) is 5.75 Å². The van der Waals surface area contributed by atoms with Crippen molar-refractivity contribution in [2.75, 3.05) is 33.1 Å². The predicted molar refractivity (Wildman–Crippen MR) is 130 cm³/mol. The number of rotatable bonds is 6. The van der Waals surface area contributed by atoms with Gasteiger partial charge in [-0.3, -0.25) is 4.98 Å². The number of aromatic nitrogens is 1. The maximum atomic E-state index is 12.5. The number of esters is 1. The van der Waals surface area contributed by atoms with E-state index in [-0.39, 0.29) is 0 Å². The van der Waals surface area contributed by atoms with Crippen LogP contribution < -0.4 is 15.4 Å². The Balaban J connectivity index is 0.00000107. The average Bonchev–Trinajstić information content (AvgIpc) is 2.72. The van der Waals surface area contributed by atoms with Crippen LogP contribution in [0.15, 0.2) is 41.0 Å². The minimum absolute atomic E-state index is 0.294. The number of nitrogens with one attached hydrogen (secondary N) is 2. The molecule has 0 aliphatic heterocycles. The van der Waals surface area contributed by atoms with Crippen molar-refractivity contribution in [1.29, 1.82) is 0 Å². The number of pyridine rings is 1. The summed E-state index contributed by atoms with van der Waals surface area (Å²) in [6.45, 7) is 4.53. The van der Waals surface area contributed by atoms with Gasteiger partial charge in [0.25, 0.3) is 0 Å². The van der Waals surface area contributed by atoms with E-state index in [2.05, 4.69) is 31.5 Å². The largest absolute Gasteiger partial charge is 0.495 e. The number of halogens is 2. The van der Waals surface area contributed by atoms with Crippen molar-refractivity contribution >= 4 is 50.1 Å². The molecule has 0 amide bonds. The molecule has 0 bridgehead atoms. The molecule has 0 saturated carbocycles. The molecule has 0 unspecified atom stereocenters. The molecule has 0 atom stereocenters. The highest BCUT2D eigenvalue weighted by Gasteiger charge is 2.18. The fraction of sp³-hybridized carbons (Fsp3) is 0.304. The van der Waals surface area contributed by atoms with Gasteiger partial charge < -0.3 is 20.1 Å². The molecule has 2 aromatic carbocycles. The Labute approximate surface area is 196 Å². The van der Waals surface area contributed by atoms with Crippen LogP contribution in [0.4, 0.5) is 5.69 Å². The minimum atomic E-state index is -0.412. The van der Waals surface area contributed by atoms with Gasteiger partial charge in [-0.15, -0.1) is 0 Å². The first kappa shape index (κ1) is 24.9. The smallest absolute Gasteiger partial charge is 0.341 e. The van der Waals surface area contributed by atoms with E-state index in [4.69, 9.17) is 21.1 Å². The first-order valence-electron chi connectivity index (χ1n) is 9.76. The molecular weight excluding hydrogens is 482 g/mol. The summed E-state index contributed by atoms with van der Waals surface area (Å²) < 4.78 is 11.3. The van der Waals surface area contributed by atoms with Crippen molar-refractivity contribution in [3.8, 4) is 5.75 Å². The molecule has 31 heavy (non-hydrogen) atoms. The molecule has 2 N–H and O–H groups in total. The lowest BCUT2D eigenvalue weighted by molar-refractivity contribution is 0.0527. The summed E-state index contributed by atoms with van der Waals surface area (Å²) >= 11 is 9.76. The van der Waals surface area contributed by atoms with Gasteiger partial charge in [-0.05, 0) is 63.3 Å². The highest BCUT2D eigenvalue weighted by atomic mass is 79.9. The molecular formula is C23H27BrClN3O3. The van der Waals surface area contributed by atoms with Crippen LogP contribution in [0.25, 0.3) is 10.9 Å². The molecule has 1 aromatic heterocycles. The normalized spacial score (nSPS) is 10.3. The molecule has 3 rings (SSSR count). The zero-order chi connectivity index (χ0) is 23.0. The molecule has 0 aliphatic rings. The minimum Gasteiger partial charge on any atom is -0.495 e. The number of aryl methyl sites for hydroxylation is 1. The van der Waals surface area contributed by atoms with Crippen molar-refractivity contribution in [2.24, 2.45) is 0 Å². The van der Waals surface area contributed by atoms with Gasteiger partial charge in [-0.1, -0.05) is 33.6 Å². The van der Waals surface area contributed by atoms with E-state index >= 15 is 0 Å². The average molecular weight is 509 g/mol. The molecule has 6 nitrogen and oxygen atoms in total. The molecule has 0 aliphatic carbocycles. The maximum absolute atomic E-state index is 12.5. The number of methoxy groups -OCH3 is 1. The Morgan fingerprint density at radius 3 is 2.55 bits per heavy atom. The number of ether oxygens (including phenoxy) is 2. The van der Waals surface area contributed by atoms with E-state index in [1.165, 1.54) is 0 Å². The summed E-state index contributed by atoms with van der Waals surface area (Å²) in [6, 6.07) is 9.51. The quantitative estimate of drug-likeness (QED) is 0.423. The summed E-state index contributed by atoms with van der Waals surface area (Å²) in [5.41, 5.74) is 3.87. The van der Waals surface area contributed by atoms with Crippen LogP contribution in [-0.2, 0) is 11.3 Å². The van der Waals surface area contributed by atoms with Crippen LogP contribution in [0.1, 0.15) is 28.4 Å². The molecule has 0 fully saturated rings. The standard InChI is InChI=1S/C21H20BrClN2O3.C2H7N/c1-4-28-21(26)16-11-25-19-12(2)7-14(22)9-15(19)20(16)24-10-13-5-6-18(27-3)17(23)8-13;1-3-2/h5-9,11H,4,10H2,1-3H3,(H,24,25);3H,1-2H3. The Bertz CT molecular complexity index is 1060. The van der Waals surface area contributed by atoms with Gasteiger partial charge in [-0.25, -0.2) is 4.79 Å². The second kappa shape index (κ2) is 11.9. The van der Waals surface area contributed by atoms with Gasteiger partial charge in [0.1, 0.15) is 11.3 Å².